The third-order valence-corrected chi connectivity index (χ3v) is 3.90. The predicted molar refractivity (Wildman–Crippen MR) is 88.4 cm³/mol. The Morgan fingerprint density at radius 1 is 1.08 bits per heavy atom. The van der Waals surface area contributed by atoms with Crippen molar-refractivity contribution in [3.8, 4) is 0 Å². The highest BCUT2D eigenvalue weighted by atomic mass is 35.5. The monoisotopic (exact) mass is 343 g/mol. The number of aromatic nitrogens is 1. The molecule has 0 atom stereocenters. The number of imide groups is 1. The molecule has 0 radical (unpaired) electrons. The molecule has 122 valence electrons. The second kappa shape index (κ2) is 6.80. The lowest BCUT2D eigenvalue weighted by molar-refractivity contribution is -0.139. The van der Waals surface area contributed by atoms with E-state index in [1.807, 2.05) is 0 Å². The van der Waals surface area contributed by atoms with Crippen LogP contribution in [0.1, 0.15) is 28.8 Å². The van der Waals surface area contributed by atoms with Crippen LogP contribution in [0.2, 0.25) is 5.02 Å². The Kier molecular flexibility index (Phi) is 4.57. The highest BCUT2D eigenvalue weighted by Crippen LogP contribution is 2.17. The first-order valence-corrected chi connectivity index (χ1v) is 7.76. The van der Waals surface area contributed by atoms with E-state index in [0.717, 1.165) is 5.56 Å². The van der Waals surface area contributed by atoms with Crippen molar-refractivity contribution in [2.75, 3.05) is 5.32 Å². The van der Waals surface area contributed by atoms with Gasteiger partial charge in [0.25, 0.3) is 5.91 Å². The number of halogens is 1. The lowest BCUT2D eigenvalue weighted by atomic mass is 10.1. The van der Waals surface area contributed by atoms with Gasteiger partial charge in [-0.2, -0.15) is 0 Å². The largest absolute Gasteiger partial charge is 0.307 e. The summed E-state index contributed by atoms with van der Waals surface area (Å²) in [5, 5.41) is 3.15. The van der Waals surface area contributed by atoms with Crippen molar-refractivity contribution >= 4 is 35.1 Å². The Hall–Kier alpha value is -2.73. The molecule has 7 heteroatoms. The summed E-state index contributed by atoms with van der Waals surface area (Å²) >= 11 is 5.75. The van der Waals surface area contributed by atoms with Gasteiger partial charge in [-0.15, -0.1) is 0 Å². The van der Waals surface area contributed by atoms with Gasteiger partial charge < -0.3 is 5.32 Å². The minimum Gasteiger partial charge on any atom is -0.307 e. The maximum atomic E-state index is 12.2. The van der Waals surface area contributed by atoms with Crippen LogP contribution in [0.5, 0.6) is 0 Å². The molecule has 0 bridgehead atoms. The second-order valence-corrected chi connectivity index (χ2v) is 5.82. The van der Waals surface area contributed by atoms with Crippen LogP contribution < -0.4 is 5.32 Å². The number of likely N-dealkylation sites (tertiary alicyclic amines) is 1. The molecular formula is C17H14ClN3O3. The van der Waals surface area contributed by atoms with Gasteiger partial charge >= 0.3 is 0 Å². The quantitative estimate of drug-likeness (QED) is 0.865. The first kappa shape index (κ1) is 16.1. The average molecular weight is 344 g/mol. The molecule has 1 N–H and O–H groups in total. The van der Waals surface area contributed by atoms with Crippen molar-refractivity contribution in [1.82, 2.24) is 9.88 Å². The van der Waals surface area contributed by atoms with E-state index in [-0.39, 0.29) is 37.1 Å². The molecule has 1 aromatic heterocycles. The van der Waals surface area contributed by atoms with Crippen LogP contribution in [0.15, 0.2) is 42.6 Å². The molecular weight excluding hydrogens is 330 g/mol. The fourth-order valence-corrected chi connectivity index (χ4v) is 2.49. The van der Waals surface area contributed by atoms with Gasteiger partial charge in [0, 0.05) is 24.6 Å². The standard InChI is InChI=1S/C17H14ClN3O3/c18-13-5-6-14(19-9-13)20-17(24)12-3-1-11(2-4-12)10-21-15(22)7-8-16(21)23/h1-6,9H,7-8,10H2,(H,19,20,24). The maximum Gasteiger partial charge on any atom is 0.256 e. The molecule has 1 fully saturated rings. The second-order valence-electron chi connectivity index (χ2n) is 5.39. The van der Waals surface area contributed by atoms with E-state index in [9.17, 15) is 14.4 Å². The summed E-state index contributed by atoms with van der Waals surface area (Å²) in [4.78, 5) is 40.6. The van der Waals surface area contributed by atoms with Crippen molar-refractivity contribution in [2.24, 2.45) is 0 Å². The summed E-state index contributed by atoms with van der Waals surface area (Å²) in [6.07, 6.45) is 1.99. The van der Waals surface area contributed by atoms with Gasteiger partial charge in [0.15, 0.2) is 0 Å². The van der Waals surface area contributed by atoms with Crippen LogP contribution in [0.4, 0.5) is 5.82 Å². The molecule has 0 spiro atoms. The van der Waals surface area contributed by atoms with Crippen molar-refractivity contribution < 1.29 is 14.4 Å². The number of nitrogens with zero attached hydrogens (tertiary/aromatic N) is 2. The van der Waals surface area contributed by atoms with Gasteiger partial charge in [-0.1, -0.05) is 23.7 Å². The Labute approximate surface area is 143 Å². The first-order valence-electron chi connectivity index (χ1n) is 7.38. The third kappa shape index (κ3) is 3.60. The van der Waals surface area contributed by atoms with Gasteiger partial charge in [-0.3, -0.25) is 19.3 Å². The fourth-order valence-electron chi connectivity index (χ4n) is 2.38. The van der Waals surface area contributed by atoms with Crippen LogP contribution in [-0.2, 0) is 16.1 Å². The number of amides is 3. The van der Waals surface area contributed by atoms with Crippen molar-refractivity contribution in [3.63, 3.8) is 0 Å². The van der Waals surface area contributed by atoms with Crippen molar-refractivity contribution in [1.29, 1.82) is 0 Å². The number of rotatable bonds is 4. The lowest BCUT2D eigenvalue weighted by Crippen LogP contribution is -2.28. The molecule has 24 heavy (non-hydrogen) atoms. The highest BCUT2D eigenvalue weighted by molar-refractivity contribution is 6.30. The lowest BCUT2D eigenvalue weighted by Gasteiger charge is -2.13. The van der Waals surface area contributed by atoms with E-state index in [4.69, 9.17) is 11.6 Å². The van der Waals surface area contributed by atoms with Gasteiger partial charge in [0.1, 0.15) is 5.82 Å². The van der Waals surface area contributed by atoms with E-state index in [2.05, 4.69) is 10.3 Å². The Bertz CT molecular complexity index is 772. The molecule has 1 saturated heterocycles. The molecule has 1 aromatic carbocycles. The fraction of sp³-hybridized carbons (Fsp3) is 0.176. The van der Waals surface area contributed by atoms with Gasteiger partial charge in [-0.05, 0) is 29.8 Å². The van der Waals surface area contributed by atoms with E-state index < -0.39 is 0 Å². The molecule has 2 aromatic rings. The zero-order chi connectivity index (χ0) is 17.1. The first-order chi connectivity index (χ1) is 11.5. The summed E-state index contributed by atoms with van der Waals surface area (Å²) < 4.78 is 0. The summed E-state index contributed by atoms with van der Waals surface area (Å²) in [7, 11) is 0. The molecule has 0 unspecified atom stereocenters. The average Bonchev–Trinajstić information content (AvgIpc) is 2.89. The smallest absolute Gasteiger partial charge is 0.256 e. The number of pyridine rings is 1. The molecule has 1 aliphatic rings. The van der Waals surface area contributed by atoms with E-state index in [0.29, 0.717) is 16.4 Å². The summed E-state index contributed by atoms with van der Waals surface area (Å²) in [6, 6.07) is 9.99. The SMILES string of the molecule is O=C(Nc1ccc(Cl)cn1)c1ccc(CN2C(=O)CCC2=O)cc1. The van der Waals surface area contributed by atoms with E-state index in [1.165, 1.54) is 11.1 Å². The number of carbonyl (C=O) groups excluding carboxylic acids is 3. The topological polar surface area (TPSA) is 79.4 Å². The number of hydrogen-bond donors (Lipinski definition) is 1. The number of benzene rings is 1. The molecule has 2 heterocycles. The number of carbonyl (C=O) groups is 3. The molecule has 0 aliphatic carbocycles. The molecule has 3 amide bonds. The van der Waals surface area contributed by atoms with Crippen molar-refractivity contribution in [3.05, 3.63) is 58.7 Å². The Morgan fingerprint density at radius 2 is 1.75 bits per heavy atom. The third-order valence-electron chi connectivity index (χ3n) is 3.68. The highest BCUT2D eigenvalue weighted by Gasteiger charge is 2.28. The number of nitrogens with one attached hydrogen (secondary N) is 1. The minimum absolute atomic E-state index is 0.157. The summed E-state index contributed by atoms with van der Waals surface area (Å²) in [6.45, 7) is 0.234. The van der Waals surface area contributed by atoms with Crippen LogP contribution in [0.3, 0.4) is 0 Å². The van der Waals surface area contributed by atoms with Gasteiger partial charge in [0.05, 0.1) is 11.6 Å². The molecule has 3 rings (SSSR count). The maximum absolute atomic E-state index is 12.2. The van der Waals surface area contributed by atoms with E-state index in [1.54, 1.807) is 36.4 Å². The molecule has 1 aliphatic heterocycles. The van der Waals surface area contributed by atoms with Gasteiger partial charge in [-0.25, -0.2) is 4.98 Å². The Balaban J connectivity index is 1.65. The van der Waals surface area contributed by atoms with E-state index >= 15 is 0 Å². The minimum atomic E-state index is -0.301. The number of hydrogen-bond acceptors (Lipinski definition) is 4. The Morgan fingerprint density at radius 3 is 2.33 bits per heavy atom. The summed E-state index contributed by atoms with van der Waals surface area (Å²) in [5.74, 6) is -0.210. The molecule has 0 saturated carbocycles. The predicted octanol–water partition coefficient (Wildman–Crippen LogP) is 2.64. The van der Waals surface area contributed by atoms with Crippen LogP contribution >= 0.6 is 11.6 Å². The van der Waals surface area contributed by atoms with Crippen LogP contribution in [-0.4, -0.2) is 27.6 Å². The zero-order valence-corrected chi connectivity index (χ0v) is 13.4. The summed E-state index contributed by atoms with van der Waals surface area (Å²) in [5.41, 5.74) is 1.24. The van der Waals surface area contributed by atoms with Crippen LogP contribution in [0.25, 0.3) is 0 Å². The van der Waals surface area contributed by atoms with Crippen LogP contribution in [0, 0.1) is 0 Å². The molecule has 6 nitrogen and oxygen atoms in total. The van der Waals surface area contributed by atoms with Crippen molar-refractivity contribution in [2.45, 2.75) is 19.4 Å². The zero-order valence-electron chi connectivity index (χ0n) is 12.7. The van der Waals surface area contributed by atoms with Gasteiger partial charge in [0.2, 0.25) is 11.8 Å². The normalized spacial score (nSPS) is 14.1. The number of anilines is 1.